The fourth-order valence-corrected chi connectivity index (χ4v) is 10.0. The van der Waals surface area contributed by atoms with E-state index in [1.54, 1.807) is 0 Å². The van der Waals surface area contributed by atoms with Crippen LogP contribution in [0, 0.1) is 0 Å². The summed E-state index contributed by atoms with van der Waals surface area (Å²) in [5.41, 5.74) is 1.90. The molecule has 0 aromatic carbocycles. The molecular weight excluding hydrogens is 300 g/mol. The summed E-state index contributed by atoms with van der Waals surface area (Å²) >= 11 is 0. The molecule has 0 saturated heterocycles. The topological polar surface area (TPSA) is 18.5 Å². The zero-order valence-corrected chi connectivity index (χ0v) is 17.6. The molecule has 0 fully saturated rings. The summed E-state index contributed by atoms with van der Waals surface area (Å²) in [6, 6.07) is 0. The number of allylic oxidation sites excluding steroid dienone is 1. The Morgan fingerprint density at radius 1 is 1.04 bits per heavy atom. The Labute approximate surface area is 146 Å². The predicted molar refractivity (Wildman–Crippen MR) is 103 cm³/mol. The Bertz CT molecular complexity index is 328. The summed E-state index contributed by atoms with van der Waals surface area (Å²) in [7, 11) is -1.83. The van der Waals surface area contributed by atoms with Gasteiger partial charge in [-0.25, -0.2) is 0 Å². The Morgan fingerprint density at radius 3 is 2.17 bits per heavy atom. The lowest BCUT2D eigenvalue weighted by molar-refractivity contribution is 0.00962. The van der Waals surface area contributed by atoms with Crippen LogP contribution < -0.4 is 0 Å². The monoisotopic (exact) mass is 340 g/mol. The second-order valence-electron chi connectivity index (χ2n) is 8.09. The lowest BCUT2D eigenvalue weighted by Crippen LogP contribution is -2.52. The average Bonchev–Trinajstić information content (AvgIpc) is 2.69. The molecule has 0 saturated carbocycles. The first-order valence-corrected chi connectivity index (χ1v) is 12.0. The van der Waals surface area contributed by atoms with Gasteiger partial charge in [-0.05, 0) is 48.4 Å². The van der Waals surface area contributed by atoms with Gasteiger partial charge in [0.15, 0.2) is 0 Å². The predicted octanol–water partition coefficient (Wildman–Crippen LogP) is 6.82. The highest BCUT2D eigenvalue weighted by molar-refractivity contribution is 6.77. The zero-order chi connectivity index (χ0) is 17.5. The maximum absolute atomic E-state index is 7.06. The first kappa shape index (κ1) is 20.8. The minimum absolute atomic E-state index is 0.239. The van der Waals surface area contributed by atoms with Gasteiger partial charge >= 0.3 is 0 Å². The Balaban J connectivity index is 2.92. The van der Waals surface area contributed by atoms with E-state index in [0.29, 0.717) is 16.6 Å². The third kappa shape index (κ3) is 5.35. The minimum Gasteiger partial charge on any atom is -0.496 e. The molecule has 0 N–H and O–H groups in total. The highest BCUT2D eigenvalue weighted by Gasteiger charge is 2.47. The van der Waals surface area contributed by atoms with Crippen LogP contribution in [0.5, 0.6) is 0 Å². The first-order valence-electron chi connectivity index (χ1n) is 9.84. The molecule has 0 aliphatic carbocycles. The molecular formula is C20H40O2Si. The van der Waals surface area contributed by atoms with Crippen molar-refractivity contribution in [3.63, 3.8) is 0 Å². The zero-order valence-electron chi connectivity index (χ0n) is 16.6. The molecule has 1 aliphatic heterocycles. The van der Waals surface area contributed by atoms with Crippen molar-refractivity contribution in [1.29, 1.82) is 0 Å². The van der Waals surface area contributed by atoms with Gasteiger partial charge in [0.2, 0.25) is 8.32 Å². The van der Waals surface area contributed by atoms with E-state index in [9.17, 15) is 0 Å². The minimum atomic E-state index is -1.83. The van der Waals surface area contributed by atoms with Crippen molar-refractivity contribution in [3.05, 3.63) is 12.3 Å². The Hall–Kier alpha value is -0.283. The van der Waals surface area contributed by atoms with E-state index in [4.69, 9.17) is 9.16 Å². The maximum Gasteiger partial charge on any atom is 0.200 e. The molecule has 23 heavy (non-hydrogen) atoms. The molecule has 2 atom stereocenters. The van der Waals surface area contributed by atoms with Crippen molar-refractivity contribution in [1.82, 2.24) is 0 Å². The second kappa shape index (κ2) is 9.88. The van der Waals surface area contributed by atoms with Gasteiger partial charge in [-0.15, -0.1) is 0 Å². The maximum atomic E-state index is 7.06. The van der Waals surface area contributed by atoms with Gasteiger partial charge in [0.05, 0.1) is 12.4 Å². The fourth-order valence-electron chi connectivity index (χ4n) is 4.41. The molecule has 0 amide bonds. The summed E-state index contributed by atoms with van der Waals surface area (Å²) in [6.45, 7) is 16.5. The van der Waals surface area contributed by atoms with Crippen LogP contribution in [-0.2, 0) is 9.16 Å². The van der Waals surface area contributed by atoms with Crippen LogP contribution in [0.4, 0.5) is 0 Å². The highest BCUT2D eigenvalue weighted by Crippen LogP contribution is 2.44. The summed E-state index contributed by atoms with van der Waals surface area (Å²) in [5, 5.41) is 0. The van der Waals surface area contributed by atoms with Crippen LogP contribution in [-0.4, -0.2) is 20.5 Å². The normalized spacial score (nSPS) is 22.7. The van der Waals surface area contributed by atoms with Crippen LogP contribution in [0.1, 0.15) is 87.0 Å². The van der Waals surface area contributed by atoms with Crippen LogP contribution in [0.25, 0.3) is 0 Å². The Kier molecular flexibility index (Phi) is 8.92. The van der Waals surface area contributed by atoms with E-state index in [-0.39, 0.29) is 12.2 Å². The second-order valence-corrected chi connectivity index (χ2v) is 13.5. The van der Waals surface area contributed by atoms with Crippen LogP contribution in [0.3, 0.4) is 0 Å². The lowest BCUT2D eigenvalue weighted by Gasteiger charge is -2.45. The quantitative estimate of drug-likeness (QED) is 0.338. The Morgan fingerprint density at radius 2 is 1.65 bits per heavy atom. The van der Waals surface area contributed by atoms with Gasteiger partial charge in [0.1, 0.15) is 6.10 Å². The number of hydrogen-bond donors (Lipinski definition) is 0. The molecule has 0 bridgehead atoms. The summed E-state index contributed by atoms with van der Waals surface area (Å²) in [4.78, 5) is 0. The fraction of sp³-hybridized carbons (Fsp3) is 0.900. The molecule has 1 rings (SSSR count). The first-order chi connectivity index (χ1) is 10.9. The van der Waals surface area contributed by atoms with Gasteiger partial charge in [-0.3, -0.25) is 0 Å². The highest BCUT2D eigenvalue weighted by atomic mass is 28.4. The summed E-state index contributed by atoms with van der Waals surface area (Å²) in [5.74, 6) is 0. The van der Waals surface area contributed by atoms with E-state index in [2.05, 4.69) is 54.5 Å². The third-order valence-corrected chi connectivity index (χ3v) is 11.7. The van der Waals surface area contributed by atoms with Crippen LogP contribution >= 0.6 is 0 Å². The van der Waals surface area contributed by atoms with Crippen molar-refractivity contribution >= 4 is 8.32 Å². The molecule has 136 valence electrons. The SMILES string of the molecule is CCCCC[C@@H]1OC=CCC[C@@H]1O[Si](C(C)C)(C(C)C)C(C)C. The largest absolute Gasteiger partial charge is 0.496 e. The lowest BCUT2D eigenvalue weighted by atomic mass is 10.0. The third-order valence-electron chi connectivity index (χ3n) is 5.54. The van der Waals surface area contributed by atoms with Gasteiger partial charge in [0.25, 0.3) is 0 Å². The molecule has 0 radical (unpaired) electrons. The smallest absolute Gasteiger partial charge is 0.200 e. The van der Waals surface area contributed by atoms with E-state index >= 15 is 0 Å². The summed E-state index contributed by atoms with van der Waals surface area (Å²) < 4.78 is 13.1. The van der Waals surface area contributed by atoms with Gasteiger partial charge < -0.3 is 9.16 Å². The summed E-state index contributed by atoms with van der Waals surface area (Å²) in [6.07, 6.45) is 11.7. The standard InChI is InChI=1S/C20H40O2Si/c1-8-9-10-13-19-20(14-11-12-15-21-19)22-23(16(2)3,17(4)5)18(6)7/h12,15-20H,8-11,13-14H2,1-7H3/t19-,20-/m0/s1. The van der Waals surface area contributed by atoms with Crippen LogP contribution in [0.15, 0.2) is 12.3 Å². The number of ether oxygens (including phenoxy) is 1. The van der Waals surface area contributed by atoms with E-state index in [1.165, 1.54) is 19.3 Å². The molecule has 3 heteroatoms. The van der Waals surface area contributed by atoms with Crippen molar-refractivity contribution in [2.75, 3.05) is 0 Å². The molecule has 0 aromatic rings. The molecule has 1 heterocycles. The number of hydrogen-bond acceptors (Lipinski definition) is 2. The van der Waals surface area contributed by atoms with Crippen molar-refractivity contribution in [3.8, 4) is 0 Å². The molecule has 0 aromatic heterocycles. The van der Waals surface area contributed by atoms with Crippen molar-refractivity contribution in [2.45, 2.75) is 116 Å². The molecule has 0 unspecified atom stereocenters. The van der Waals surface area contributed by atoms with Gasteiger partial charge in [-0.2, -0.15) is 0 Å². The molecule has 0 spiro atoms. The molecule has 1 aliphatic rings. The van der Waals surface area contributed by atoms with E-state index in [1.807, 2.05) is 6.26 Å². The van der Waals surface area contributed by atoms with Crippen molar-refractivity contribution < 1.29 is 9.16 Å². The average molecular weight is 341 g/mol. The van der Waals surface area contributed by atoms with Gasteiger partial charge in [0, 0.05) is 0 Å². The molecule has 2 nitrogen and oxygen atoms in total. The van der Waals surface area contributed by atoms with Gasteiger partial charge in [-0.1, -0.05) is 61.3 Å². The van der Waals surface area contributed by atoms with E-state index in [0.717, 1.165) is 19.3 Å². The van der Waals surface area contributed by atoms with Crippen molar-refractivity contribution in [2.24, 2.45) is 0 Å². The van der Waals surface area contributed by atoms with E-state index < -0.39 is 8.32 Å². The number of unbranched alkanes of at least 4 members (excludes halogenated alkanes) is 2. The van der Waals surface area contributed by atoms with Crippen LogP contribution in [0.2, 0.25) is 16.6 Å². The number of rotatable bonds is 9.